The molecular weight excluding hydrogens is 521 g/mol. The number of thioether (sulfide) groups is 1. The third-order valence-corrected chi connectivity index (χ3v) is 6.65. The summed E-state index contributed by atoms with van der Waals surface area (Å²) in [4.78, 5) is 36.2. The Labute approximate surface area is 212 Å². The molecule has 1 aromatic heterocycles. The van der Waals surface area contributed by atoms with E-state index in [1.54, 1.807) is 30.3 Å². The van der Waals surface area contributed by atoms with E-state index in [1.165, 1.54) is 24.3 Å². The van der Waals surface area contributed by atoms with Crippen molar-refractivity contribution in [2.75, 3.05) is 0 Å². The lowest BCUT2D eigenvalue weighted by Gasteiger charge is -2.16. The number of hydrogen-bond donors (Lipinski definition) is 1. The highest BCUT2D eigenvalue weighted by Gasteiger charge is 2.34. The minimum atomic E-state index is -0.580. The molecule has 0 aliphatic carbocycles. The number of hydrogen-bond acceptors (Lipinski definition) is 7. The van der Waals surface area contributed by atoms with Gasteiger partial charge in [-0.1, -0.05) is 41.0 Å². The molecule has 0 radical (unpaired) electrons. The van der Waals surface area contributed by atoms with Gasteiger partial charge in [-0.15, -0.1) is 0 Å². The van der Waals surface area contributed by atoms with Crippen LogP contribution < -0.4 is 5.43 Å². The zero-order valence-corrected chi connectivity index (χ0v) is 20.3. The van der Waals surface area contributed by atoms with E-state index in [1.807, 2.05) is 6.92 Å². The van der Waals surface area contributed by atoms with E-state index in [4.69, 9.17) is 39.8 Å². The molecule has 4 rings (SSSR count). The Kier molecular flexibility index (Phi) is 6.76. The second kappa shape index (κ2) is 9.59. The number of nitro groups is 1. The number of aryl methyl sites for hydroxylation is 1. The molecule has 2 heterocycles. The Bertz CT molecular complexity index is 1400. The van der Waals surface area contributed by atoms with Crippen LogP contribution in [0.15, 0.2) is 57.9 Å². The normalized spacial score (nSPS) is 14.7. The number of nitrogens with one attached hydrogen (secondary N) is 1. The number of carbonyl (C=O) groups is 2. The van der Waals surface area contributed by atoms with Crippen molar-refractivity contribution in [1.29, 1.82) is 0 Å². The van der Waals surface area contributed by atoms with Crippen molar-refractivity contribution in [3.05, 3.63) is 90.5 Å². The molecule has 1 aliphatic rings. The molecule has 2 amide bonds. The van der Waals surface area contributed by atoms with Crippen LogP contribution in [0.4, 0.5) is 5.69 Å². The summed E-state index contributed by atoms with van der Waals surface area (Å²) in [5, 5.41) is 12.5. The number of nitro benzene ring substituents is 1. The molecule has 0 unspecified atom stereocenters. The van der Waals surface area contributed by atoms with Crippen LogP contribution in [0.1, 0.15) is 21.7 Å². The van der Waals surface area contributed by atoms with Crippen molar-refractivity contribution < 1.29 is 18.9 Å². The first-order valence-electron chi connectivity index (χ1n) is 9.53. The van der Waals surface area contributed by atoms with Gasteiger partial charge in [0.15, 0.2) is 4.32 Å². The Hall–Kier alpha value is -3.18. The van der Waals surface area contributed by atoms with E-state index >= 15 is 0 Å². The smallest absolute Gasteiger partial charge is 0.285 e. The minimum absolute atomic E-state index is 0.126. The van der Waals surface area contributed by atoms with Crippen molar-refractivity contribution in [1.82, 2.24) is 10.4 Å². The van der Waals surface area contributed by atoms with Crippen molar-refractivity contribution in [2.45, 2.75) is 6.92 Å². The fourth-order valence-corrected chi connectivity index (χ4v) is 4.74. The average molecular weight is 534 g/mol. The van der Waals surface area contributed by atoms with Crippen LogP contribution >= 0.6 is 47.2 Å². The lowest BCUT2D eigenvalue weighted by atomic mass is 10.1. The zero-order chi connectivity index (χ0) is 24.6. The summed E-state index contributed by atoms with van der Waals surface area (Å²) in [6, 6.07) is 12.1. The molecule has 1 aliphatic heterocycles. The quantitative estimate of drug-likeness (QED) is 0.185. The van der Waals surface area contributed by atoms with E-state index in [9.17, 15) is 19.7 Å². The van der Waals surface area contributed by atoms with Crippen molar-refractivity contribution >= 4 is 75.1 Å². The number of furan rings is 1. The summed E-state index contributed by atoms with van der Waals surface area (Å²) >= 11 is 18.5. The Balaban J connectivity index is 1.54. The highest BCUT2D eigenvalue weighted by Crippen LogP contribution is 2.35. The second-order valence-electron chi connectivity index (χ2n) is 7.06. The molecule has 1 N–H and O–H groups in total. The number of hydrazine groups is 1. The van der Waals surface area contributed by atoms with E-state index in [2.05, 4.69) is 5.43 Å². The van der Waals surface area contributed by atoms with Gasteiger partial charge in [-0.25, -0.2) is 0 Å². The molecule has 172 valence electrons. The third-order valence-electron chi connectivity index (χ3n) is 4.70. The molecule has 0 atom stereocenters. The highest BCUT2D eigenvalue weighted by molar-refractivity contribution is 8.26. The lowest BCUT2D eigenvalue weighted by Crippen LogP contribution is -2.44. The van der Waals surface area contributed by atoms with Gasteiger partial charge in [0.05, 0.1) is 25.4 Å². The lowest BCUT2D eigenvalue weighted by molar-refractivity contribution is -0.384. The van der Waals surface area contributed by atoms with Crippen molar-refractivity contribution in [3.8, 4) is 11.3 Å². The number of halogens is 2. The number of thiocarbonyl (C=S) groups is 1. The van der Waals surface area contributed by atoms with Gasteiger partial charge in [0.25, 0.3) is 17.5 Å². The number of carbonyl (C=O) groups excluding carboxylic acids is 2. The summed E-state index contributed by atoms with van der Waals surface area (Å²) in [6.07, 6.45) is 1.46. The largest absolute Gasteiger partial charge is 0.457 e. The van der Waals surface area contributed by atoms with Gasteiger partial charge in [0, 0.05) is 23.8 Å². The maximum absolute atomic E-state index is 12.8. The standard InChI is InChI=1S/C22H13Cl2N3O5S2/c1-11-2-5-14(17(24)8-11)20(28)25-26-21(29)19(34-22(26)33)10-13-4-7-18(32-13)15-9-12(27(30)31)3-6-16(15)23/h2-10H,1H3,(H,25,28)/b19-10+. The van der Waals surface area contributed by atoms with Gasteiger partial charge in [-0.05, 0) is 55.0 Å². The number of nitrogens with zero attached hydrogens (tertiary/aromatic N) is 2. The summed E-state index contributed by atoms with van der Waals surface area (Å²) in [5.41, 5.74) is 3.77. The second-order valence-corrected chi connectivity index (χ2v) is 9.55. The minimum Gasteiger partial charge on any atom is -0.457 e. The summed E-state index contributed by atoms with van der Waals surface area (Å²) in [7, 11) is 0. The van der Waals surface area contributed by atoms with Crippen molar-refractivity contribution in [3.63, 3.8) is 0 Å². The number of amides is 2. The summed E-state index contributed by atoms with van der Waals surface area (Å²) < 4.78 is 5.85. The maximum atomic E-state index is 12.8. The number of non-ortho nitro benzene ring substituents is 1. The maximum Gasteiger partial charge on any atom is 0.285 e. The molecule has 1 saturated heterocycles. The number of rotatable bonds is 5. The van der Waals surface area contributed by atoms with Crippen LogP contribution in [0, 0.1) is 17.0 Å². The fraction of sp³-hybridized carbons (Fsp3) is 0.0455. The molecule has 0 bridgehead atoms. The average Bonchev–Trinajstić information content (AvgIpc) is 3.34. The van der Waals surface area contributed by atoms with Crippen LogP contribution in [0.5, 0.6) is 0 Å². The monoisotopic (exact) mass is 533 g/mol. The SMILES string of the molecule is Cc1ccc(C(=O)NN2C(=O)/C(=C\c3ccc(-c4cc([N+](=O)[O-])ccc4Cl)o3)SC2=S)c(Cl)c1. The van der Waals surface area contributed by atoms with Gasteiger partial charge in [0.1, 0.15) is 11.5 Å². The molecule has 34 heavy (non-hydrogen) atoms. The van der Waals surface area contributed by atoms with Gasteiger partial charge >= 0.3 is 0 Å². The van der Waals surface area contributed by atoms with Gasteiger partial charge in [-0.3, -0.25) is 25.1 Å². The predicted molar refractivity (Wildman–Crippen MR) is 134 cm³/mol. The first-order valence-corrected chi connectivity index (χ1v) is 11.5. The topological polar surface area (TPSA) is 106 Å². The van der Waals surface area contributed by atoms with Gasteiger partial charge in [0.2, 0.25) is 0 Å². The van der Waals surface area contributed by atoms with Gasteiger partial charge in [-0.2, -0.15) is 5.01 Å². The van der Waals surface area contributed by atoms with Crippen molar-refractivity contribution in [2.24, 2.45) is 0 Å². The van der Waals surface area contributed by atoms with E-state index in [-0.39, 0.29) is 36.3 Å². The van der Waals surface area contributed by atoms with E-state index < -0.39 is 16.7 Å². The molecule has 12 heteroatoms. The van der Waals surface area contributed by atoms with Crippen LogP contribution in [0.25, 0.3) is 17.4 Å². The highest BCUT2D eigenvalue weighted by atomic mass is 35.5. The summed E-state index contributed by atoms with van der Waals surface area (Å²) in [6.45, 7) is 1.84. The zero-order valence-electron chi connectivity index (χ0n) is 17.2. The molecule has 0 saturated carbocycles. The van der Waals surface area contributed by atoms with E-state index in [0.29, 0.717) is 11.3 Å². The molecular formula is C22H13Cl2N3O5S2. The van der Waals surface area contributed by atoms with Crippen LogP contribution in [0.3, 0.4) is 0 Å². The molecule has 8 nitrogen and oxygen atoms in total. The number of benzene rings is 2. The molecule has 0 spiro atoms. The Morgan fingerprint density at radius 2 is 1.94 bits per heavy atom. The predicted octanol–water partition coefficient (Wildman–Crippen LogP) is 6.02. The first-order chi connectivity index (χ1) is 16.1. The van der Waals surface area contributed by atoms with E-state index in [0.717, 1.165) is 22.3 Å². The van der Waals surface area contributed by atoms with Crippen LogP contribution in [-0.2, 0) is 4.79 Å². The molecule has 2 aromatic carbocycles. The van der Waals surface area contributed by atoms with Crippen LogP contribution in [-0.4, -0.2) is 26.1 Å². The fourth-order valence-electron chi connectivity index (χ4n) is 3.05. The van der Waals surface area contributed by atoms with Gasteiger partial charge < -0.3 is 4.42 Å². The third kappa shape index (κ3) is 4.85. The first kappa shape index (κ1) is 24.0. The Morgan fingerprint density at radius 1 is 1.18 bits per heavy atom. The molecule has 3 aromatic rings. The summed E-state index contributed by atoms with van der Waals surface area (Å²) in [5.74, 6) is -0.537. The van der Waals surface area contributed by atoms with Crippen LogP contribution in [0.2, 0.25) is 10.0 Å². The molecule has 1 fully saturated rings. The Morgan fingerprint density at radius 3 is 2.65 bits per heavy atom.